The summed E-state index contributed by atoms with van der Waals surface area (Å²) >= 11 is 0. The van der Waals surface area contributed by atoms with Crippen LogP contribution in [-0.2, 0) is 7.05 Å². The molecule has 0 saturated carbocycles. The summed E-state index contributed by atoms with van der Waals surface area (Å²) in [5.41, 5.74) is 0.689. The molecule has 2 heterocycles. The molecule has 0 bridgehead atoms. The van der Waals surface area contributed by atoms with Crippen LogP contribution in [0.4, 0.5) is 5.82 Å². The van der Waals surface area contributed by atoms with Crippen molar-refractivity contribution in [1.82, 2.24) is 20.0 Å². The van der Waals surface area contributed by atoms with E-state index in [9.17, 15) is 4.79 Å². The second-order valence-corrected chi connectivity index (χ2v) is 3.06. The Morgan fingerprint density at radius 1 is 1.69 bits per heavy atom. The number of aryl methyl sites for hydroxylation is 1. The number of H-pyrrole nitrogens is 1. The van der Waals surface area contributed by atoms with Crippen LogP contribution in [0.25, 0.3) is 0 Å². The summed E-state index contributed by atoms with van der Waals surface area (Å²) in [6.07, 6.45) is 2.87. The second kappa shape index (κ2) is 3.86. The number of aromatic nitrogens is 4. The maximum absolute atomic E-state index is 11.7. The summed E-state index contributed by atoms with van der Waals surface area (Å²) < 4.78 is 1.44. The van der Waals surface area contributed by atoms with Gasteiger partial charge in [-0.25, -0.2) is 0 Å². The van der Waals surface area contributed by atoms with Gasteiger partial charge in [-0.2, -0.15) is 15.5 Å². The van der Waals surface area contributed by atoms with Crippen molar-refractivity contribution in [2.24, 2.45) is 7.05 Å². The van der Waals surface area contributed by atoms with Crippen LogP contribution >= 0.6 is 0 Å². The molecule has 0 radical (unpaired) electrons. The number of carbonyl (C=O) groups excluding carboxylic acids is 1. The number of aromatic amines is 1. The Hall–Kier alpha value is -2.62. The minimum Gasteiger partial charge on any atom is -0.304 e. The molecule has 2 aromatic heterocycles. The molecule has 16 heavy (non-hydrogen) atoms. The second-order valence-electron chi connectivity index (χ2n) is 3.06. The maximum Gasteiger partial charge on any atom is 0.275 e. The van der Waals surface area contributed by atoms with Crippen molar-refractivity contribution in [2.45, 2.75) is 0 Å². The molecule has 0 saturated heterocycles. The maximum atomic E-state index is 11.7. The van der Waals surface area contributed by atoms with Crippen LogP contribution in [0, 0.1) is 11.3 Å². The number of nitrogens with zero attached hydrogens (tertiary/aromatic N) is 4. The zero-order chi connectivity index (χ0) is 11.5. The predicted molar refractivity (Wildman–Crippen MR) is 54.5 cm³/mol. The lowest BCUT2D eigenvalue weighted by atomic mass is 10.3. The Balaban J connectivity index is 2.21. The molecule has 7 heteroatoms. The Kier molecular flexibility index (Phi) is 2.39. The molecule has 0 aliphatic heterocycles. The van der Waals surface area contributed by atoms with E-state index in [1.54, 1.807) is 13.1 Å². The third-order valence-corrected chi connectivity index (χ3v) is 2.05. The van der Waals surface area contributed by atoms with Gasteiger partial charge in [0.2, 0.25) is 0 Å². The van der Waals surface area contributed by atoms with Crippen LogP contribution in [0.15, 0.2) is 18.5 Å². The van der Waals surface area contributed by atoms with E-state index in [1.807, 2.05) is 6.07 Å². The SMILES string of the molecule is Cn1nccc1C(=O)Nc1[nH]ncc1C#N. The largest absolute Gasteiger partial charge is 0.304 e. The smallest absolute Gasteiger partial charge is 0.275 e. The number of nitrogens with one attached hydrogen (secondary N) is 2. The summed E-state index contributed by atoms with van der Waals surface area (Å²) in [6, 6.07) is 3.49. The third-order valence-electron chi connectivity index (χ3n) is 2.05. The fourth-order valence-corrected chi connectivity index (χ4v) is 1.24. The number of carbonyl (C=O) groups is 1. The quantitative estimate of drug-likeness (QED) is 0.752. The van der Waals surface area contributed by atoms with Gasteiger partial charge < -0.3 is 5.32 Å². The summed E-state index contributed by atoms with van der Waals surface area (Å²) in [7, 11) is 1.66. The zero-order valence-electron chi connectivity index (χ0n) is 8.43. The van der Waals surface area contributed by atoms with Gasteiger partial charge in [-0.15, -0.1) is 0 Å². The first kappa shape index (κ1) is 9.92. The van der Waals surface area contributed by atoms with Gasteiger partial charge in [0.05, 0.1) is 6.20 Å². The van der Waals surface area contributed by atoms with Crippen molar-refractivity contribution >= 4 is 11.7 Å². The third kappa shape index (κ3) is 1.64. The molecular formula is C9H8N6O. The average Bonchev–Trinajstić information content (AvgIpc) is 2.86. The molecule has 0 spiro atoms. The topological polar surface area (TPSA) is 99.4 Å². The molecule has 0 aliphatic rings. The van der Waals surface area contributed by atoms with Gasteiger partial charge in [0.15, 0.2) is 0 Å². The van der Waals surface area contributed by atoms with Crippen molar-refractivity contribution < 1.29 is 4.79 Å². The Bertz CT molecular complexity index is 561. The number of hydrogen-bond acceptors (Lipinski definition) is 4. The first-order chi connectivity index (χ1) is 7.72. The highest BCUT2D eigenvalue weighted by molar-refractivity contribution is 6.03. The minimum absolute atomic E-state index is 0.286. The van der Waals surface area contributed by atoms with E-state index in [4.69, 9.17) is 5.26 Å². The van der Waals surface area contributed by atoms with Crippen LogP contribution < -0.4 is 5.32 Å². The molecule has 2 aromatic rings. The van der Waals surface area contributed by atoms with Crippen molar-refractivity contribution in [3.63, 3.8) is 0 Å². The molecule has 0 atom stereocenters. The number of anilines is 1. The van der Waals surface area contributed by atoms with Crippen molar-refractivity contribution in [2.75, 3.05) is 5.32 Å². The van der Waals surface area contributed by atoms with Crippen molar-refractivity contribution in [3.05, 3.63) is 29.7 Å². The lowest BCUT2D eigenvalue weighted by Gasteiger charge is -2.02. The molecule has 0 aliphatic carbocycles. The Morgan fingerprint density at radius 2 is 2.50 bits per heavy atom. The summed E-state index contributed by atoms with van der Waals surface area (Å²) in [5.74, 6) is -0.0607. The van der Waals surface area contributed by atoms with E-state index in [0.29, 0.717) is 5.69 Å². The first-order valence-corrected chi connectivity index (χ1v) is 4.45. The summed E-state index contributed by atoms with van der Waals surface area (Å²) in [4.78, 5) is 11.7. The fourth-order valence-electron chi connectivity index (χ4n) is 1.24. The highest BCUT2D eigenvalue weighted by Crippen LogP contribution is 2.10. The monoisotopic (exact) mass is 216 g/mol. The molecule has 2 rings (SSSR count). The molecule has 1 amide bonds. The van der Waals surface area contributed by atoms with Gasteiger partial charge >= 0.3 is 0 Å². The van der Waals surface area contributed by atoms with E-state index < -0.39 is 0 Å². The van der Waals surface area contributed by atoms with Crippen molar-refractivity contribution in [1.29, 1.82) is 5.26 Å². The minimum atomic E-state index is -0.347. The molecular weight excluding hydrogens is 208 g/mol. The standard InChI is InChI=1S/C9H8N6O/c1-15-7(2-3-12-15)9(16)13-8-6(4-10)5-11-14-8/h2-3,5H,1H3,(H2,11,13,14,16). The Morgan fingerprint density at radius 3 is 3.12 bits per heavy atom. The fraction of sp³-hybridized carbons (Fsp3) is 0.111. The number of amides is 1. The molecule has 0 aromatic carbocycles. The normalized spacial score (nSPS) is 9.75. The van der Waals surface area contributed by atoms with Crippen LogP contribution in [0.3, 0.4) is 0 Å². The number of nitriles is 1. The van der Waals surface area contributed by atoms with Gasteiger partial charge in [0.25, 0.3) is 5.91 Å². The van der Waals surface area contributed by atoms with E-state index in [2.05, 4.69) is 20.6 Å². The van der Waals surface area contributed by atoms with E-state index in [-0.39, 0.29) is 17.3 Å². The molecule has 80 valence electrons. The van der Waals surface area contributed by atoms with Crippen LogP contribution in [0.1, 0.15) is 16.1 Å². The van der Waals surface area contributed by atoms with E-state index in [0.717, 1.165) is 0 Å². The van der Waals surface area contributed by atoms with Crippen LogP contribution in [0.5, 0.6) is 0 Å². The van der Waals surface area contributed by atoms with Gasteiger partial charge in [-0.3, -0.25) is 14.6 Å². The molecule has 7 nitrogen and oxygen atoms in total. The number of hydrogen-bond donors (Lipinski definition) is 2. The lowest BCUT2D eigenvalue weighted by Crippen LogP contribution is -2.16. The molecule has 2 N–H and O–H groups in total. The average molecular weight is 216 g/mol. The van der Waals surface area contributed by atoms with E-state index >= 15 is 0 Å². The Labute approximate surface area is 90.7 Å². The predicted octanol–water partition coefficient (Wildman–Crippen LogP) is 0.267. The molecule has 0 unspecified atom stereocenters. The van der Waals surface area contributed by atoms with Gasteiger partial charge in [-0.1, -0.05) is 0 Å². The lowest BCUT2D eigenvalue weighted by molar-refractivity contribution is 0.101. The van der Waals surface area contributed by atoms with E-state index in [1.165, 1.54) is 17.1 Å². The number of rotatable bonds is 2. The zero-order valence-corrected chi connectivity index (χ0v) is 8.43. The highest BCUT2D eigenvalue weighted by atomic mass is 16.2. The molecule has 0 fully saturated rings. The summed E-state index contributed by atoms with van der Waals surface area (Å²) in [6.45, 7) is 0. The van der Waals surface area contributed by atoms with Gasteiger partial charge in [-0.05, 0) is 6.07 Å². The van der Waals surface area contributed by atoms with Gasteiger partial charge in [0.1, 0.15) is 23.1 Å². The van der Waals surface area contributed by atoms with Gasteiger partial charge in [0, 0.05) is 13.2 Å². The highest BCUT2D eigenvalue weighted by Gasteiger charge is 2.13. The van der Waals surface area contributed by atoms with Crippen LogP contribution in [0.2, 0.25) is 0 Å². The first-order valence-electron chi connectivity index (χ1n) is 4.45. The van der Waals surface area contributed by atoms with Crippen molar-refractivity contribution in [3.8, 4) is 6.07 Å². The van der Waals surface area contributed by atoms with Crippen LogP contribution in [-0.4, -0.2) is 25.9 Å². The summed E-state index contributed by atoms with van der Waals surface area (Å²) in [5, 5.41) is 21.3.